The van der Waals surface area contributed by atoms with Crippen LogP contribution in [0.2, 0.25) is 0 Å². The van der Waals surface area contributed by atoms with E-state index in [1.54, 1.807) is 11.6 Å². The zero-order valence-corrected chi connectivity index (χ0v) is 11.1. The highest BCUT2D eigenvalue weighted by atomic mass is 32.2. The molecule has 0 spiro atoms. The van der Waals surface area contributed by atoms with Gasteiger partial charge in [0.15, 0.2) is 0 Å². The molecule has 0 aromatic carbocycles. The van der Waals surface area contributed by atoms with Crippen molar-refractivity contribution in [1.29, 1.82) is 0 Å². The molecule has 0 amide bonds. The number of hydrogen-bond acceptors (Lipinski definition) is 4. The van der Waals surface area contributed by atoms with Crippen LogP contribution in [0.3, 0.4) is 0 Å². The molecule has 0 radical (unpaired) electrons. The van der Waals surface area contributed by atoms with E-state index in [4.69, 9.17) is 0 Å². The van der Waals surface area contributed by atoms with Crippen molar-refractivity contribution in [3.8, 4) is 0 Å². The molecule has 1 aromatic heterocycles. The number of nitrogens with zero attached hydrogens (tertiary/aromatic N) is 1. The SMILES string of the molecule is CC1Nc2c(cc(S(=O)(=O)[O-])c[n+]2C)C1(C)C. The lowest BCUT2D eigenvalue weighted by Gasteiger charge is -2.20. The minimum absolute atomic E-state index is 0.178. The second kappa shape index (κ2) is 3.43. The lowest BCUT2D eigenvalue weighted by atomic mass is 9.82. The molecule has 0 saturated carbocycles. The standard InChI is InChI=1S/C11H16N2O3S/c1-7-11(2,3)9-5-8(17(14,15)16)6-13(4)10(9)12-7/h5-7H,1-4H3,(H,14,15,16). The third kappa shape index (κ3) is 1.81. The number of aromatic nitrogens is 1. The average Bonchev–Trinajstić information content (AvgIpc) is 2.39. The van der Waals surface area contributed by atoms with Crippen LogP contribution in [0, 0.1) is 0 Å². The number of fused-ring (bicyclic) bond motifs is 1. The van der Waals surface area contributed by atoms with E-state index in [1.165, 1.54) is 12.3 Å². The van der Waals surface area contributed by atoms with Crippen molar-refractivity contribution in [2.75, 3.05) is 5.32 Å². The van der Waals surface area contributed by atoms with Gasteiger partial charge in [0.2, 0.25) is 0 Å². The summed E-state index contributed by atoms with van der Waals surface area (Å²) in [6, 6.07) is 1.67. The van der Waals surface area contributed by atoms with Gasteiger partial charge in [0, 0.05) is 5.41 Å². The highest BCUT2D eigenvalue weighted by molar-refractivity contribution is 7.85. The molecule has 0 aliphatic carbocycles. The molecular formula is C11H16N2O3S. The van der Waals surface area contributed by atoms with E-state index in [0.717, 1.165) is 11.4 Å². The summed E-state index contributed by atoms with van der Waals surface area (Å²) in [5.41, 5.74) is 0.665. The highest BCUT2D eigenvalue weighted by Gasteiger charge is 2.43. The fourth-order valence-electron chi connectivity index (χ4n) is 2.12. The second-order valence-corrected chi connectivity index (χ2v) is 6.47. The molecule has 2 heterocycles. The minimum Gasteiger partial charge on any atom is -0.744 e. The molecule has 5 nitrogen and oxygen atoms in total. The van der Waals surface area contributed by atoms with Gasteiger partial charge in [-0.15, -0.1) is 0 Å². The lowest BCUT2D eigenvalue weighted by molar-refractivity contribution is -0.659. The van der Waals surface area contributed by atoms with E-state index in [-0.39, 0.29) is 16.4 Å². The Labute approximate surface area is 101 Å². The molecule has 1 unspecified atom stereocenters. The third-order valence-corrected chi connectivity index (χ3v) is 4.43. The molecule has 1 aliphatic heterocycles. The summed E-state index contributed by atoms with van der Waals surface area (Å²) in [5.74, 6) is 0.870. The van der Waals surface area contributed by atoms with Crippen LogP contribution >= 0.6 is 0 Å². The van der Waals surface area contributed by atoms with Crippen molar-refractivity contribution >= 4 is 15.9 Å². The van der Waals surface area contributed by atoms with Gasteiger partial charge >= 0.3 is 0 Å². The van der Waals surface area contributed by atoms with Gasteiger partial charge < -0.3 is 4.55 Å². The van der Waals surface area contributed by atoms with Gasteiger partial charge in [-0.05, 0) is 13.0 Å². The Balaban J connectivity index is 2.72. The summed E-state index contributed by atoms with van der Waals surface area (Å²) in [6.07, 6.45) is 1.35. The summed E-state index contributed by atoms with van der Waals surface area (Å²) in [7, 11) is -2.68. The van der Waals surface area contributed by atoms with E-state index < -0.39 is 10.1 Å². The maximum Gasteiger partial charge on any atom is 0.278 e. The van der Waals surface area contributed by atoms with Crippen LogP contribution in [0.1, 0.15) is 26.3 Å². The van der Waals surface area contributed by atoms with Gasteiger partial charge in [-0.3, -0.25) is 5.32 Å². The molecule has 2 rings (SSSR count). The van der Waals surface area contributed by atoms with E-state index in [0.29, 0.717) is 0 Å². The molecule has 0 bridgehead atoms. The molecule has 1 aliphatic rings. The van der Waals surface area contributed by atoms with Gasteiger partial charge in [0.05, 0.1) is 17.5 Å². The Hall–Kier alpha value is -1.14. The van der Waals surface area contributed by atoms with E-state index in [9.17, 15) is 13.0 Å². The van der Waals surface area contributed by atoms with Crippen LogP contribution in [0.4, 0.5) is 5.82 Å². The average molecular weight is 256 g/mol. The Morgan fingerprint density at radius 1 is 1.47 bits per heavy atom. The zero-order chi connectivity index (χ0) is 13.0. The fraction of sp³-hybridized carbons (Fsp3) is 0.545. The van der Waals surface area contributed by atoms with Crippen LogP contribution in [0.5, 0.6) is 0 Å². The maximum absolute atomic E-state index is 11.1. The Bertz CT molecular complexity index is 579. The maximum atomic E-state index is 11.1. The molecule has 0 fully saturated rings. The van der Waals surface area contributed by atoms with Crippen molar-refractivity contribution in [2.45, 2.75) is 37.1 Å². The van der Waals surface area contributed by atoms with Gasteiger partial charge in [-0.2, -0.15) is 0 Å². The number of pyridine rings is 1. The van der Waals surface area contributed by atoms with Gasteiger partial charge in [-0.1, -0.05) is 13.8 Å². The van der Waals surface area contributed by atoms with Gasteiger partial charge in [-0.25, -0.2) is 13.0 Å². The Kier molecular flexibility index (Phi) is 2.48. The van der Waals surface area contributed by atoms with Crippen molar-refractivity contribution < 1.29 is 17.5 Å². The number of anilines is 1. The first-order chi connectivity index (χ1) is 7.64. The third-order valence-electron chi connectivity index (χ3n) is 3.63. The highest BCUT2D eigenvalue weighted by Crippen LogP contribution is 2.39. The summed E-state index contributed by atoms with van der Waals surface area (Å²) >= 11 is 0. The first-order valence-corrected chi connectivity index (χ1v) is 6.81. The van der Waals surface area contributed by atoms with Crippen molar-refractivity contribution in [2.24, 2.45) is 7.05 Å². The topological polar surface area (TPSA) is 73.1 Å². The first-order valence-electron chi connectivity index (χ1n) is 5.40. The lowest BCUT2D eigenvalue weighted by Crippen LogP contribution is -2.33. The van der Waals surface area contributed by atoms with Gasteiger partial charge in [0.25, 0.3) is 5.82 Å². The summed E-state index contributed by atoms with van der Waals surface area (Å²) in [5, 5.41) is 3.30. The van der Waals surface area contributed by atoms with Crippen LogP contribution in [0.25, 0.3) is 0 Å². The molecular weight excluding hydrogens is 240 g/mol. The fourth-order valence-corrected chi connectivity index (χ4v) is 2.67. The van der Waals surface area contributed by atoms with Crippen LogP contribution in [-0.4, -0.2) is 19.0 Å². The van der Waals surface area contributed by atoms with E-state index in [2.05, 4.69) is 5.32 Å². The number of hydrogen-bond donors (Lipinski definition) is 1. The van der Waals surface area contributed by atoms with Crippen LogP contribution in [0.15, 0.2) is 17.2 Å². The van der Waals surface area contributed by atoms with E-state index in [1.807, 2.05) is 20.8 Å². The molecule has 0 saturated heterocycles. The largest absolute Gasteiger partial charge is 0.744 e. The van der Waals surface area contributed by atoms with Crippen molar-refractivity contribution in [1.82, 2.24) is 0 Å². The predicted octanol–water partition coefficient (Wildman–Crippen LogP) is 0.507. The smallest absolute Gasteiger partial charge is 0.278 e. The Morgan fingerprint density at radius 3 is 2.59 bits per heavy atom. The quantitative estimate of drug-likeness (QED) is 0.587. The van der Waals surface area contributed by atoms with E-state index >= 15 is 0 Å². The van der Waals surface area contributed by atoms with Crippen molar-refractivity contribution in [3.05, 3.63) is 17.8 Å². The molecule has 94 valence electrons. The van der Waals surface area contributed by atoms with Crippen molar-refractivity contribution in [3.63, 3.8) is 0 Å². The monoisotopic (exact) mass is 256 g/mol. The number of nitrogens with one attached hydrogen (secondary N) is 1. The minimum atomic E-state index is -4.41. The predicted molar refractivity (Wildman–Crippen MR) is 61.7 cm³/mol. The van der Waals surface area contributed by atoms with Gasteiger partial charge in [0.1, 0.15) is 22.4 Å². The number of aryl methyl sites for hydroxylation is 1. The summed E-state index contributed by atoms with van der Waals surface area (Å²) < 4.78 is 34.9. The first kappa shape index (κ1) is 12.3. The summed E-state index contributed by atoms with van der Waals surface area (Å²) in [4.78, 5) is -0.178. The molecule has 1 aromatic rings. The number of rotatable bonds is 1. The molecule has 1 N–H and O–H groups in total. The molecule has 1 atom stereocenters. The molecule has 6 heteroatoms. The second-order valence-electron chi connectivity index (χ2n) is 5.09. The van der Waals surface area contributed by atoms with Crippen LogP contribution in [-0.2, 0) is 22.6 Å². The summed E-state index contributed by atoms with van der Waals surface area (Å²) in [6.45, 7) is 6.08. The normalized spacial score (nSPS) is 22.1. The zero-order valence-electron chi connectivity index (χ0n) is 10.3. The van der Waals surface area contributed by atoms with Crippen LogP contribution < -0.4 is 9.88 Å². The molecule has 17 heavy (non-hydrogen) atoms. The Morgan fingerprint density at radius 2 is 2.06 bits per heavy atom.